The molecule has 0 radical (unpaired) electrons. The van der Waals surface area contributed by atoms with Gasteiger partial charge in [-0.05, 0) is 38.5 Å². The molecule has 0 aromatic heterocycles. The predicted molar refractivity (Wildman–Crippen MR) is 63.8 cm³/mol. The lowest BCUT2D eigenvalue weighted by Crippen LogP contribution is -2.49. The summed E-state index contributed by atoms with van der Waals surface area (Å²) in [7, 11) is 0. The number of nitrogens with two attached hydrogens (primary N) is 1. The lowest BCUT2D eigenvalue weighted by atomic mass is 9.70. The fourth-order valence-electron chi connectivity index (χ4n) is 2.27. The summed E-state index contributed by atoms with van der Waals surface area (Å²) in [4.78, 5) is 12.1. The van der Waals surface area contributed by atoms with Gasteiger partial charge >= 0.3 is 0 Å². The van der Waals surface area contributed by atoms with Gasteiger partial charge in [0.1, 0.15) is 0 Å². The van der Waals surface area contributed by atoms with E-state index in [0.29, 0.717) is 19.0 Å². The van der Waals surface area contributed by atoms with Crippen LogP contribution in [0, 0.1) is 11.3 Å². The van der Waals surface area contributed by atoms with Crippen molar-refractivity contribution in [2.45, 2.75) is 45.6 Å². The second-order valence-corrected chi connectivity index (χ2v) is 5.23. The van der Waals surface area contributed by atoms with Gasteiger partial charge < -0.3 is 16.2 Å². The molecule has 0 bridgehead atoms. The average Bonchev–Trinajstić information content (AvgIpc) is 2.27. The molecule has 1 aliphatic carbocycles. The van der Waals surface area contributed by atoms with Crippen molar-refractivity contribution in [1.82, 2.24) is 5.32 Å². The van der Waals surface area contributed by atoms with E-state index in [1.54, 1.807) is 6.92 Å². The third kappa shape index (κ3) is 3.19. The Labute approximate surface area is 97.6 Å². The molecule has 1 amide bonds. The van der Waals surface area contributed by atoms with Crippen LogP contribution in [-0.2, 0) is 4.79 Å². The summed E-state index contributed by atoms with van der Waals surface area (Å²) in [6.45, 7) is 4.61. The van der Waals surface area contributed by atoms with Crippen molar-refractivity contribution < 1.29 is 9.90 Å². The lowest BCUT2D eigenvalue weighted by Gasteiger charge is -2.37. The minimum atomic E-state index is -0.499. The van der Waals surface area contributed by atoms with Crippen LogP contribution in [0.4, 0.5) is 0 Å². The van der Waals surface area contributed by atoms with E-state index in [-0.39, 0.29) is 11.3 Å². The van der Waals surface area contributed by atoms with Crippen molar-refractivity contribution in [3.63, 3.8) is 0 Å². The number of carbonyl (C=O) groups excluding carboxylic acids is 1. The van der Waals surface area contributed by atoms with Gasteiger partial charge in [0.25, 0.3) is 0 Å². The van der Waals surface area contributed by atoms with E-state index in [4.69, 9.17) is 10.8 Å². The number of rotatable bonds is 4. The minimum absolute atomic E-state index is 0.0165. The van der Waals surface area contributed by atoms with Crippen LogP contribution in [0.2, 0.25) is 0 Å². The number of aliphatic hydroxyl groups excluding tert-OH is 1. The van der Waals surface area contributed by atoms with Gasteiger partial charge in [0.15, 0.2) is 0 Å². The van der Waals surface area contributed by atoms with E-state index in [1.165, 1.54) is 0 Å². The van der Waals surface area contributed by atoms with E-state index < -0.39 is 6.10 Å². The fourth-order valence-corrected chi connectivity index (χ4v) is 2.27. The average molecular weight is 228 g/mol. The van der Waals surface area contributed by atoms with Gasteiger partial charge in [-0.3, -0.25) is 4.79 Å². The van der Waals surface area contributed by atoms with Gasteiger partial charge in [-0.1, -0.05) is 6.92 Å². The van der Waals surface area contributed by atoms with Crippen molar-refractivity contribution >= 4 is 5.91 Å². The van der Waals surface area contributed by atoms with Gasteiger partial charge in [-0.25, -0.2) is 0 Å². The van der Waals surface area contributed by atoms with E-state index in [9.17, 15) is 4.79 Å². The first-order chi connectivity index (χ1) is 7.50. The van der Waals surface area contributed by atoms with Crippen molar-refractivity contribution in [2.24, 2.45) is 17.1 Å². The van der Waals surface area contributed by atoms with Crippen LogP contribution in [0.15, 0.2) is 0 Å². The Morgan fingerprint density at radius 1 is 1.56 bits per heavy atom. The standard InChI is InChI=1S/C12H24N2O2/c1-9-3-5-12(8-13,6-4-9)11(16)14-7-10(2)15/h9-10,15H,3-8,13H2,1-2H3,(H,14,16)/t9?,10-,12?/m1/s1. The summed E-state index contributed by atoms with van der Waals surface area (Å²) in [6, 6.07) is 0. The molecule has 1 aliphatic rings. The van der Waals surface area contributed by atoms with Gasteiger partial charge in [0.05, 0.1) is 11.5 Å². The number of hydrogen-bond acceptors (Lipinski definition) is 3. The van der Waals surface area contributed by atoms with Gasteiger partial charge in [-0.2, -0.15) is 0 Å². The molecule has 1 fully saturated rings. The monoisotopic (exact) mass is 228 g/mol. The molecule has 1 atom stereocenters. The van der Waals surface area contributed by atoms with Crippen LogP contribution in [0.5, 0.6) is 0 Å². The zero-order valence-electron chi connectivity index (χ0n) is 10.3. The molecule has 4 N–H and O–H groups in total. The third-order valence-electron chi connectivity index (χ3n) is 3.66. The first-order valence-electron chi connectivity index (χ1n) is 6.16. The molecule has 0 saturated heterocycles. The highest BCUT2D eigenvalue weighted by molar-refractivity contribution is 5.83. The molecule has 4 nitrogen and oxygen atoms in total. The Morgan fingerprint density at radius 2 is 2.12 bits per heavy atom. The van der Waals surface area contributed by atoms with Crippen LogP contribution in [0.3, 0.4) is 0 Å². The molecule has 0 aromatic rings. The highest BCUT2D eigenvalue weighted by Gasteiger charge is 2.39. The molecule has 0 spiro atoms. The minimum Gasteiger partial charge on any atom is -0.392 e. The first-order valence-corrected chi connectivity index (χ1v) is 6.16. The number of amides is 1. The second kappa shape index (κ2) is 5.64. The van der Waals surface area contributed by atoms with E-state index in [0.717, 1.165) is 25.7 Å². The quantitative estimate of drug-likeness (QED) is 0.661. The number of aliphatic hydroxyl groups is 1. The van der Waals surface area contributed by atoms with E-state index in [2.05, 4.69) is 12.2 Å². The highest BCUT2D eigenvalue weighted by Crippen LogP contribution is 2.38. The Balaban J connectivity index is 2.55. The van der Waals surface area contributed by atoms with E-state index >= 15 is 0 Å². The molecule has 0 aromatic carbocycles. The molecule has 0 unspecified atom stereocenters. The van der Waals surface area contributed by atoms with Crippen LogP contribution >= 0.6 is 0 Å². The SMILES string of the molecule is CC1CCC(CN)(C(=O)NC[C@@H](C)O)CC1. The first kappa shape index (κ1) is 13.5. The van der Waals surface area contributed by atoms with Gasteiger partial charge in [-0.15, -0.1) is 0 Å². The zero-order valence-corrected chi connectivity index (χ0v) is 10.3. The van der Waals surface area contributed by atoms with Crippen molar-refractivity contribution in [3.8, 4) is 0 Å². The van der Waals surface area contributed by atoms with Gasteiger partial charge in [0, 0.05) is 13.1 Å². The predicted octanol–water partition coefficient (Wildman–Crippen LogP) is 0.639. The van der Waals surface area contributed by atoms with Crippen molar-refractivity contribution in [2.75, 3.05) is 13.1 Å². The third-order valence-corrected chi connectivity index (χ3v) is 3.66. The maximum Gasteiger partial charge on any atom is 0.227 e. The molecule has 1 saturated carbocycles. The second-order valence-electron chi connectivity index (χ2n) is 5.23. The number of carbonyl (C=O) groups is 1. The Bertz CT molecular complexity index is 233. The van der Waals surface area contributed by atoms with Crippen LogP contribution < -0.4 is 11.1 Å². The molecule has 94 valence electrons. The molecular formula is C12H24N2O2. The van der Waals surface area contributed by atoms with Crippen LogP contribution in [0.25, 0.3) is 0 Å². The summed E-state index contributed by atoms with van der Waals surface area (Å²) in [6.07, 6.45) is 3.38. The Morgan fingerprint density at radius 3 is 2.56 bits per heavy atom. The number of nitrogens with one attached hydrogen (secondary N) is 1. The summed E-state index contributed by atoms with van der Waals surface area (Å²) in [5, 5.41) is 11.9. The largest absolute Gasteiger partial charge is 0.392 e. The maximum absolute atomic E-state index is 12.1. The van der Waals surface area contributed by atoms with Gasteiger partial charge in [0.2, 0.25) is 5.91 Å². The molecule has 0 aliphatic heterocycles. The summed E-state index contributed by atoms with van der Waals surface area (Å²) >= 11 is 0. The molecular weight excluding hydrogens is 204 g/mol. The molecule has 4 heteroatoms. The summed E-state index contributed by atoms with van der Waals surface area (Å²) in [5.41, 5.74) is 5.38. The Hall–Kier alpha value is -0.610. The molecule has 16 heavy (non-hydrogen) atoms. The fraction of sp³-hybridized carbons (Fsp3) is 0.917. The van der Waals surface area contributed by atoms with Crippen LogP contribution in [0.1, 0.15) is 39.5 Å². The van der Waals surface area contributed by atoms with Crippen molar-refractivity contribution in [3.05, 3.63) is 0 Å². The molecule has 0 heterocycles. The Kier molecular flexibility index (Phi) is 4.74. The topological polar surface area (TPSA) is 75.4 Å². The molecule has 1 rings (SSSR count). The smallest absolute Gasteiger partial charge is 0.227 e. The van der Waals surface area contributed by atoms with Crippen LogP contribution in [-0.4, -0.2) is 30.2 Å². The highest BCUT2D eigenvalue weighted by atomic mass is 16.3. The lowest BCUT2D eigenvalue weighted by molar-refractivity contribution is -0.133. The zero-order chi connectivity index (χ0) is 12.2. The normalized spacial score (nSPS) is 32.1. The summed E-state index contributed by atoms with van der Waals surface area (Å²) < 4.78 is 0. The van der Waals surface area contributed by atoms with E-state index in [1.807, 2.05) is 0 Å². The number of hydrogen-bond donors (Lipinski definition) is 3. The summed E-state index contributed by atoms with van der Waals surface area (Å²) in [5.74, 6) is 0.715. The van der Waals surface area contributed by atoms with Crippen molar-refractivity contribution in [1.29, 1.82) is 0 Å². The maximum atomic E-state index is 12.1.